The normalized spacial score (nSPS) is 14.5. The van der Waals surface area contributed by atoms with Crippen LogP contribution < -0.4 is 5.19 Å². The molecule has 120 valence electrons. The lowest BCUT2D eigenvalue weighted by molar-refractivity contribution is 0.670. The Balaban J connectivity index is 1.99. The number of hydrogen-bond donors (Lipinski definition) is 0. The molecular formula is C21H21NOSi. The fourth-order valence-corrected chi connectivity index (χ4v) is 4.48. The summed E-state index contributed by atoms with van der Waals surface area (Å²) >= 11 is 0. The number of nitrogens with zero attached hydrogens (tertiary/aromatic N) is 1. The average Bonchev–Trinajstić information content (AvgIpc) is 2.98. The van der Waals surface area contributed by atoms with E-state index >= 15 is 0 Å². The lowest BCUT2D eigenvalue weighted by Gasteiger charge is -2.19. The van der Waals surface area contributed by atoms with Crippen LogP contribution in [-0.4, -0.2) is 13.1 Å². The van der Waals surface area contributed by atoms with Gasteiger partial charge in [0.1, 0.15) is 11.2 Å². The van der Waals surface area contributed by atoms with E-state index in [2.05, 4.69) is 24.6 Å². The zero-order chi connectivity index (χ0) is 19.4. The standard InChI is InChI=1S/C21H21NOSi/c1-14-12-18(22-13-20(14)24(2,3)4)17-10-7-9-16-15-8-5-6-11-19(15)23-21(16)17/h5-13H,1-4H3/i1D3. The summed E-state index contributed by atoms with van der Waals surface area (Å²) in [5.41, 5.74) is 3.40. The summed E-state index contributed by atoms with van der Waals surface area (Å²) in [6.07, 6.45) is 1.75. The van der Waals surface area contributed by atoms with Gasteiger partial charge in [-0.05, 0) is 35.8 Å². The second-order valence-electron chi connectivity index (χ2n) is 7.15. The van der Waals surface area contributed by atoms with Crippen molar-refractivity contribution in [2.24, 2.45) is 0 Å². The zero-order valence-electron chi connectivity index (χ0n) is 17.1. The largest absolute Gasteiger partial charge is 0.455 e. The molecule has 0 aliphatic carbocycles. The molecule has 0 radical (unpaired) electrons. The number of furan rings is 1. The van der Waals surface area contributed by atoms with E-state index in [-0.39, 0.29) is 0 Å². The summed E-state index contributed by atoms with van der Waals surface area (Å²) in [6.45, 7) is 4.24. The molecular weight excluding hydrogens is 310 g/mol. The highest BCUT2D eigenvalue weighted by atomic mass is 28.3. The molecule has 4 rings (SSSR count). The van der Waals surface area contributed by atoms with Gasteiger partial charge in [0.05, 0.1) is 13.8 Å². The van der Waals surface area contributed by atoms with E-state index in [0.717, 1.165) is 32.7 Å². The van der Waals surface area contributed by atoms with Crippen LogP contribution >= 0.6 is 0 Å². The number of benzene rings is 2. The molecule has 0 saturated carbocycles. The van der Waals surface area contributed by atoms with E-state index in [1.807, 2.05) is 42.5 Å². The first kappa shape index (κ1) is 12.0. The second kappa shape index (κ2) is 5.31. The molecule has 0 aliphatic rings. The Morgan fingerprint density at radius 1 is 1.00 bits per heavy atom. The maximum atomic E-state index is 8.01. The minimum atomic E-state index is -2.17. The van der Waals surface area contributed by atoms with Gasteiger partial charge in [-0.2, -0.15) is 0 Å². The molecule has 4 aromatic rings. The number of aryl methyl sites for hydroxylation is 1. The van der Waals surface area contributed by atoms with Crippen LogP contribution in [0.25, 0.3) is 33.2 Å². The first-order chi connectivity index (χ1) is 12.7. The molecule has 0 spiro atoms. The molecule has 2 nitrogen and oxygen atoms in total. The van der Waals surface area contributed by atoms with E-state index in [1.165, 1.54) is 0 Å². The molecule has 0 N–H and O–H groups in total. The zero-order valence-corrected chi connectivity index (χ0v) is 15.1. The van der Waals surface area contributed by atoms with Crippen LogP contribution in [0, 0.1) is 6.85 Å². The molecule has 0 bridgehead atoms. The van der Waals surface area contributed by atoms with Crippen molar-refractivity contribution < 1.29 is 8.53 Å². The van der Waals surface area contributed by atoms with Crippen molar-refractivity contribution in [3.05, 3.63) is 60.3 Å². The molecule has 0 amide bonds. The van der Waals surface area contributed by atoms with Crippen LogP contribution in [0.3, 0.4) is 0 Å². The summed E-state index contributed by atoms with van der Waals surface area (Å²) in [4.78, 5) is 4.63. The molecule has 0 fully saturated rings. The van der Waals surface area contributed by atoms with Crippen molar-refractivity contribution >= 4 is 35.2 Å². The Morgan fingerprint density at radius 3 is 2.58 bits per heavy atom. The number of pyridine rings is 1. The molecule has 0 aliphatic heterocycles. The Morgan fingerprint density at radius 2 is 1.79 bits per heavy atom. The Hall–Kier alpha value is -2.39. The maximum absolute atomic E-state index is 8.01. The molecule has 2 aromatic carbocycles. The molecule has 2 heterocycles. The van der Waals surface area contributed by atoms with E-state index < -0.39 is 14.9 Å². The smallest absolute Gasteiger partial charge is 0.144 e. The van der Waals surface area contributed by atoms with Gasteiger partial charge in [-0.15, -0.1) is 0 Å². The van der Waals surface area contributed by atoms with E-state index in [1.54, 1.807) is 12.3 Å². The van der Waals surface area contributed by atoms with Gasteiger partial charge in [0, 0.05) is 26.6 Å². The van der Waals surface area contributed by atoms with Gasteiger partial charge in [-0.3, -0.25) is 4.98 Å². The van der Waals surface area contributed by atoms with Gasteiger partial charge >= 0.3 is 0 Å². The van der Waals surface area contributed by atoms with Crippen molar-refractivity contribution in [2.45, 2.75) is 26.5 Å². The SMILES string of the molecule is [2H]C([2H])([2H])c1cc(-c2cccc3c2oc2ccccc23)ncc1[Si](C)(C)C. The topological polar surface area (TPSA) is 26.0 Å². The Kier molecular flexibility index (Phi) is 2.67. The van der Waals surface area contributed by atoms with Crippen molar-refractivity contribution in [3.63, 3.8) is 0 Å². The fraction of sp³-hybridized carbons (Fsp3) is 0.190. The third-order valence-corrected chi connectivity index (χ3v) is 6.41. The summed E-state index contributed by atoms with van der Waals surface area (Å²) in [6, 6.07) is 15.5. The minimum absolute atomic E-state index is 0.403. The Labute approximate surface area is 147 Å². The van der Waals surface area contributed by atoms with Crippen molar-refractivity contribution in [3.8, 4) is 11.3 Å². The first-order valence-electron chi connectivity index (χ1n) is 9.58. The van der Waals surface area contributed by atoms with E-state index in [4.69, 9.17) is 8.53 Å². The van der Waals surface area contributed by atoms with Gasteiger partial charge in [0.2, 0.25) is 0 Å². The predicted octanol–water partition coefficient (Wildman–Crippen LogP) is 5.50. The van der Waals surface area contributed by atoms with Crippen LogP contribution in [0.4, 0.5) is 0 Å². The highest BCUT2D eigenvalue weighted by molar-refractivity contribution is 6.89. The van der Waals surface area contributed by atoms with Crippen molar-refractivity contribution in [1.82, 2.24) is 4.98 Å². The number of aromatic nitrogens is 1. The van der Waals surface area contributed by atoms with Gasteiger partial charge in [-0.1, -0.05) is 50.0 Å². The van der Waals surface area contributed by atoms with Gasteiger partial charge < -0.3 is 4.42 Å². The highest BCUT2D eigenvalue weighted by Crippen LogP contribution is 2.34. The van der Waals surface area contributed by atoms with Gasteiger partial charge in [0.15, 0.2) is 0 Å². The Bertz CT molecular complexity index is 1160. The number of hydrogen-bond acceptors (Lipinski definition) is 2. The average molecular weight is 335 g/mol. The molecule has 0 atom stereocenters. The summed E-state index contributed by atoms with van der Waals surface area (Å²) in [7, 11) is -1.84. The summed E-state index contributed by atoms with van der Waals surface area (Å²) in [5, 5.41) is 2.93. The van der Waals surface area contributed by atoms with Crippen molar-refractivity contribution in [1.29, 1.82) is 0 Å². The molecule has 2 aromatic heterocycles. The quantitative estimate of drug-likeness (QED) is 0.452. The van der Waals surface area contributed by atoms with Crippen LogP contribution in [0.2, 0.25) is 19.6 Å². The molecule has 3 heteroatoms. The van der Waals surface area contributed by atoms with Gasteiger partial charge in [-0.25, -0.2) is 0 Å². The third kappa shape index (κ3) is 2.36. The lowest BCUT2D eigenvalue weighted by Crippen LogP contribution is -2.39. The highest BCUT2D eigenvalue weighted by Gasteiger charge is 2.20. The number of para-hydroxylation sites is 2. The van der Waals surface area contributed by atoms with Crippen LogP contribution in [0.5, 0.6) is 0 Å². The monoisotopic (exact) mass is 334 g/mol. The van der Waals surface area contributed by atoms with Crippen LogP contribution in [0.1, 0.15) is 9.68 Å². The number of rotatable bonds is 2. The van der Waals surface area contributed by atoms with Crippen molar-refractivity contribution in [2.75, 3.05) is 0 Å². The second-order valence-corrected chi connectivity index (χ2v) is 12.2. The molecule has 0 saturated heterocycles. The maximum Gasteiger partial charge on any atom is 0.144 e. The van der Waals surface area contributed by atoms with Crippen LogP contribution in [0.15, 0.2) is 59.1 Å². The molecule has 0 unspecified atom stereocenters. The predicted molar refractivity (Wildman–Crippen MR) is 105 cm³/mol. The first-order valence-corrected chi connectivity index (χ1v) is 11.6. The van der Waals surface area contributed by atoms with E-state index in [0.29, 0.717) is 11.3 Å². The number of fused-ring (bicyclic) bond motifs is 3. The van der Waals surface area contributed by atoms with E-state index in [9.17, 15) is 0 Å². The summed E-state index contributed by atoms with van der Waals surface area (Å²) < 4.78 is 30.1. The van der Waals surface area contributed by atoms with Gasteiger partial charge in [0.25, 0.3) is 0 Å². The lowest BCUT2D eigenvalue weighted by atomic mass is 10.1. The fourth-order valence-electron chi connectivity index (χ4n) is 3.15. The summed E-state index contributed by atoms with van der Waals surface area (Å²) in [5.74, 6) is 0. The minimum Gasteiger partial charge on any atom is -0.455 e. The molecule has 24 heavy (non-hydrogen) atoms. The van der Waals surface area contributed by atoms with Crippen LogP contribution in [-0.2, 0) is 0 Å². The third-order valence-electron chi connectivity index (χ3n) is 4.39.